The van der Waals surface area contributed by atoms with Crippen molar-refractivity contribution in [3.63, 3.8) is 0 Å². The fraction of sp³-hybridized carbons (Fsp3) is 0.353. The molecule has 1 atom stereocenters. The Morgan fingerprint density at radius 3 is 2.92 bits per heavy atom. The maximum Gasteiger partial charge on any atom is 0.323 e. The Hall–Kier alpha value is -2.48. The predicted octanol–water partition coefficient (Wildman–Crippen LogP) is 1.58. The number of hydrogen-bond donors (Lipinski definition) is 3. The number of hydrogen-bond acceptors (Lipinski definition) is 4. The molecule has 1 aliphatic heterocycles. The number of carbonyl (C=O) groups is 3. The molecule has 1 aromatic rings. The van der Waals surface area contributed by atoms with E-state index < -0.39 is 12.1 Å². The second-order valence-corrected chi connectivity index (χ2v) is 6.45. The Kier molecular flexibility index (Phi) is 6.88. The average Bonchev–Trinajstić information content (AvgIpc) is 2.62. The van der Waals surface area contributed by atoms with E-state index in [4.69, 9.17) is 0 Å². The van der Waals surface area contributed by atoms with Crippen molar-refractivity contribution in [1.82, 2.24) is 10.6 Å². The summed E-state index contributed by atoms with van der Waals surface area (Å²) in [5, 5.41) is 8.17. The van der Waals surface area contributed by atoms with Crippen LogP contribution in [0.15, 0.2) is 36.9 Å². The van der Waals surface area contributed by atoms with Gasteiger partial charge >= 0.3 is 6.03 Å². The van der Waals surface area contributed by atoms with Gasteiger partial charge in [-0.3, -0.25) is 14.5 Å². The number of fused-ring (bicyclic) bond motifs is 1. The van der Waals surface area contributed by atoms with Crippen LogP contribution in [-0.4, -0.2) is 49.0 Å². The fourth-order valence-electron chi connectivity index (χ4n) is 2.44. The Labute approximate surface area is 151 Å². The number of rotatable bonds is 7. The molecular weight excluding hydrogens is 340 g/mol. The van der Waals surface area contributed by atoms with Crippen LogP contribution >= 0.6 is 11.8 Å². The van der Waals surface area contributed by atoms with Crippen LogP contribution < -0.4 is 20.9 Å². The molecule has 8 heteroatoms. The summed E-state index contributed by atoms with van der Waals surface area (Å²) >= 11 is 1.59. The molecule has 0 unspecified atom stereocenters. The van der Waals surface area contributed by atoms with Crippen molar-refractivity contribution in [2.45, 2.75) is 12.5 Å². The lowest BCUT2D eigenvalue weighted by atomic mass is 10.2. The molecule has 3 N–H and O–H groups in total. The lowest BCUT2D eigenvalue weighted by Crippen LogP contribution is -2.54. The van der Waals surface area contributed by atoms with Crippen molar-refractivity contribution in [3.05, 3.63) is 36.9 Å². The van der Waals surface area contributed by atoms with Crippen molar-refractivity contribution < 1.29 is 14.4 Å². The average molecular weight is 362 g/mol. The number of benzene rings is 1. The predicted molar refractivity (Wildman–Crippen MR) is 101 cm³/mol. The molecule has 134 valence electrons. The molecule has 25 heavy (non-hydrogen) atoms. The van der Waals surface area contributed by atoms with Gasteiger partial charge in [0.05, 0.1) is 11.4 Å². The van der Waals surface area contributed by atoms with E-state index in [1.807, 2.05) is 6.26 Å². The first-order valence-electron chi connectivity index (χ1n) is 7.91. The fourth-order valence-corrected chi connectivity index (χ4v) is 2.91. The van der Waals surface area contributed by atoms with Crippen molar-refractivity contribution in [2.75, 3.05) is 35.3 Å². The first-order valence-corrected chi connectivity index (χ1v) is 9.30. The van der Waals surface area contributed by atoms with E-state index in [0.29, 0.717) is 24.3 Å². The van der Waals surface area contributed by atoms with Gasteiger partial charge < -0.3 is 16.0 Å². The normalized spacial score (nSPS) is 14.1. The van der Waals surface area contributed by atoms with Crippen LogP contribution in [-0.2, 0) is 9.59 Å². The SMILES string of the molecule is C=CCNC(=O)[C@@H](CCSC)NC(=O)N1CC(=O)Nc2ccccc21. The summed E-state index contributed by atoms with van der Waals surface area (Å²) in [6.07, 6.45) is 4.01. The quantitative estimate of drug-likeness (QED) is 0.642. The summed E-state index contributed by atoms with van der Waals surface area (Å²) < 4.78 is 0. The minimum absolute atomic E-state index is 0.0909. The number of para-hydroxylation sites is 2. The Morgan fingerprint density at radius 2 is 2.20 bits per heavy atom. The molecule has 7 nitrogen and oxygen atoms in total. The summed E-state index contributed by atoms with van der Waals surface area (Å²) in [7, 11) is 0. The molecule has 0 saturated carbocycles. The van der Waals surface area contributed by atoms with E-state index in [9.17, 15) is 14.4 Å². The number of nitrogens with zero attached hydrogens (tertiary/aromatic N) is 1. The number of urea groups is 1. The van der Waals surface area contributed by atoms with Crippen molar-refractivity contribution in [2.24, 2.45) is 0 Å². The molecule has 4 amide bonds. The number of carbonyl (C=O) groups excluding carboxylic acids is 3. The van der Waals surface area contributed by atoms with Crippen LogP contribution in [0.25, 0.3) is 0 Å². The summed E-state index contributed by atoms with van der Waals surface area (Å²) in [5.41, 5.74) is 1.18. The highest BCUT2D eigenvalue weighted by molar-refractivity contribution is 7.98. The van der Waals surface area contributed by atoms with Gasteiger partial charge in [-0.25, -0.2) is 4.79 Å². The molecule has 0 bridgehead atoms. The molecule has 0 fully saturated rings. The number of nitrogens with one attached hydrogen (secondary N) is 3. The van der Waals surface area contributed by atoms with Gasteiger partial charge in [0.2, 0.25) is 11.8 Å². The second-order valence-electron chi connectivity index (χ2n) is 5.47. The van der Waals surface area contributed by atoms with Crippen LogP contribution in [0.2, 0.25) is 0 Å². The van der Waals surface area contributed by atoms with Gasteiger partial charge in [-0.15, -0.1) is 6.58 Å². The van der Waals surface area contributed by atoms with Gasteiger partial charge in [0, 0.05) is 6.54 Å². The first kappa shape index (κ1) is 18.9. The van der Waals surface area contributed by atoms with Gasteiger partial charge in [-0.1, -0.05) is 18.2 Å². The van der Waals surface area contributed by atoms with Crippen molar-refractivity contribution in [3.8, 4) is 0 Å². The molecule has 1 aromatic carbocycles. The van der Waals surface area contributed by atoms with E-state index in [0.717, 1.165) is 5.75 Å². The van der Waals surface area contributed by atoms with Gasteiger partial charge in [-0.2, -0.15) is 11.8 Å². The topological polar surface area (TPSA) is 90.5 Å². The van der Waals surface area contributed by atoms with Crippen LogP contribution in [0.1, 0.15) is 6.42 Å². The van der Waals surface area contributed by atoms with Crippen LogP contribution in [0.3, 0.4) is 0 Å². The number of amides is 4. The smallest absolute Gasteiger partial charge is 0.323 e. The van der Waals surface area contributed by atoms with Crippen LogP contribution in [0.5, 0.6) is 0 Å². The first-order chi connectivity index (χ1) is 12.1. The highest BCUT2D eigenvalue weighted by Crippen LogP contribution is 2.28. The molecule has 2 rings (SSSR count). The third-order valence-corrected chi connectivity index (χ3v) is 4.31. The van der Waals surface area contributed by atoms with E-state index in [1.165, 1.54) is 4.90 Å². The summed E-state index contributed by atoms with van der Waals surface area (Å²) in [5.74, 6) is 0.187. The molecule has 1 heterocycles. The summed E-state index contributed by atoms with van der Waals surface area (Å²) in [4.78, 5) is 38.1. The lowest BCUT2D eigenvalue weighted by Gasteiger charge is -2.30. The monoisotopic (exact) mass is 362 g/mol. The molecule has 0 aliphatic carbocycles. The third kappa shape index (κ3) is 4.99. The molecule has 0 saturated heterocycles. The molecule has 1 aliphatic rings. The Balaban J connectivity index is 2.13. The minimum atomic E-state index is -0.669. The molecule has 0 radical (unpaired) electrons. The minimum Gasteiger partial charge on any atom is -0.351 e. The van der Waals surface area contributed by atoms with E-state index in [-0.39, 0.29) is 18.4 Å². The Morgan fingerprint density at radius 1 is 1.44 bits per heavy atom. The highest BCUT2D eigenvalue weighted by Gasteiger charge is 2.29. The number of thioether (sulfide) groups is 1. The highest BCUT2D eigenvalue weighted by atomic mass is 32.2. The van der Waals surface area contributed by atoms with Crippen LogP contribution in [0, 0.1) is 0 Å². The maximum atomic E-state index is 12.7. The van der Waals surface area contributed by atoms with Gasteiger partial charge in [0.1, 0.15) is 12.6 Å². The zero-order valence-corrected chi connectivity index (χ0v) is 14.9. The molecular formula is C17H22N4O3S. The van der Waals surface area contributed by atoms with E-state index >= 15 is 0 Å². The standard InChI is InChI=1S/C17H22N4O3S/c1-3-9-18-16(23)13(8-10-25-2)20-17(24)21-11-15(22)19-12-6-4-5-7-14(12)21/h3-7,13H,1,8-11H2,2H3,(H,18,23)(H,19,22)(H,20,24)/t13-/m1/s1. The molecule has 0 spiro atoms. The third-order valence-electron chi connectivity index (χ3n) is 3.66. The van der Waals surface area contributed by atoms with Crippen LogP contribution in [0.4, 0.5) is 16.2 Å². The zero-order valence-electron chi connectivity index (χ0n) is 14.1. The second kappa shape index (κ2) is 9.12. The summed E-state index contributed by atoms with van der Waals surface area (Å²) in [6.45, 7) is 3.80. The summed E-state index contributed by atoms with van der Waals surface area (Å²) in [6, 6.07) is 5.92. The lowest BCUT2D eigenvalue weighted by molar-refractivity contribution is -0.122. The largest absolute Gasteiger partial charge is 0.351 e. The van der Waals surface area contributed by atoms with E-state index in [1.54, 1.807) is 42.1 Å². The number of anilines is 2. The molecule has 0 aromatic heterocycles. The zero-order chi connectivity index (χ0) is 18.2. The Bertz CT molecular complexity index is 665. The van der Waals surface area contributed by atoms with Crippen molar-refractivity contribution in [1.29, 1.82) is 0 Å². The van der Waals surface area contributed by atoms with E-state index in [2.05, 4.69) is 22.5 Å². The van der Waals surface area contributed by atoms with Gasteiger partial charge in [-0.05, 0) is 30.6 Å². The van der Waals surface area contributed by atoms with Gasteiger partial charge in [0.25, 0.3) is 0 Å². The van der Waals surface area contributed by atoms with Crippen molar-refractivity contribution >= 4 is 41.0 Å². The maximum absolute atomic E-state index is 12.7. The van der Waals surface area contributed by atoms with Gasteiger partial charge in [0.15, 0.2) is 0 Å².